The Morgan fingerprint density at radius 2 is 2.19 bits per heavy atom. The zero-order chi connectivity index (χ0) is 18.3. The number of pyridine rings is 1. The second-order valence-corrected chi connectivity index (χ2v) is 5.90. The van der Waals surface area contributed by atoms with Crippen molar-refractivity contribution in [3.63, 3.8) is 0 Å². The van der Waals surface area contributed by atoms with Gasteiger partial charge in [0.15, 0.2) is 5.75 Å². The van der Waals surface area contributed by atoms with Crippen LogP contribution in [0, 0.1) is 0 Å². The molecular weight excluding hydrogens is 332 g/mol. The number of likely N-dealkylation sites (N-methyl/N-ethyl adjacent to an activating group) is 1. The fourth-order valence-electron chi connectivity index (χ4n) is 2.89. The number of fused-ring (bicyclic) bond motifs is 3. The first-order valence-electron chi connectivity index (χ1n) is 8.22. The Morgan fingerprint density at radius 1 is 1.35 bits per heavy atom. The summed E-state index contributed by atoms with van der Waals surface area (Å²) in [5.41, 5.74) is 3.13. The van der Waals surface area contributed by atoms with Gasteiger partial charge in [0.05, 0.1) is 12.7 Å². The molecule has 0 amide bonds. The van der Waals surface area contributed by atoms with Gasteiger partial charge in [0.1, 0.15) is 29.4 Å². The maximum absolute atomic E-state index is 10.1. The van der Waals surface area contributed by atoms with Gasteiger partial charge in [0, 0.05) is 12.6 Å². The van der Waals surface area contributed by atoms with Crippen LogP contribution in [0.1, 0.15) is 18.2 Å². The van der Waals surface area contributed by atoms with Crippen molar-refractivity contribution < 1.29 is 9.84 Å². The molecule has 1 aliphatic rings. The van der Waals surface area contributed by atoms with Gasteiger partial charge in [-0.25, -0.2) is 4.98 Å². The minimum atomic E-state index is 0.0749. The summed E-state index contributed by atoms with van der Waals surface area (Å²) in [6.45, 7) is 6.88. The topological polar surface area (TPSA) is 88.7 Å². The lowest BCUT2D eigenvalue weighted by Gasteiger charge is -2.26. The van der Waals surface area contributed by atoms with Gasteiger partial charge in [0.2, 0.25) is 11.5 Å². The molecule has 8 nitrogen and oxygen atoms in total. The SMILES string of the molecule is C=Cc1ccc(-c2nnc3c4c(cnn23)N(C)CCO4)nc1/C(O)=C\C. The van der Waals surface area contributed by atoms with Gasteiger partial charge in [-0.2, -0.15) is 9.61 Å². The molecule has 0 unspecified atom stereocenters. The van der Waals surface area contributed by atoms with Gasteiger partial charge in [-0.05, 0) is 19.1 Å². The molecule has 26 heavy (non-hydrogen) atoms. The highest BCUT2D eigenvalue weighted by molar-refractivity contribution is 5.73. The maximum atomic E-state index is 10.1. The monoisotopic (exact) mass is 350 g/mol. The van der Waals surface area contributed by atoms with E-state index in [0.717, 1.165) is 17.8 Å². The average molecular weight is 350 g/mol. The minimum Gasteiger partial charge on any atom is -0.506 e. The lowest BCUT2D eigenvalue weighted by atomic mass is 10.1. The zero-order valence-electron chi connectivity index (χ0n) is 14.5. The van der Waals surface area contributed by atoms with Crippen LogP contribution >= 0.6 is 0 Å². The minimum absolute atomic E-state index is 0.0749. The molecule has 3 aromatic rings. The lowest BCUT2D eigenvalue weighted by Crippen LogP contribution is -2.29. The first-order chi connectivity index (χ1) is 12.6. The standard InChI is InChI=1S/C18H18N6O2/c1-4-11-6-7-12(20-15(11)14(25)5-2)17-21-22-18-16-13(10-19-24(17)18)23(3)8-9-26-16/h4-7,10,25H,1,8-9H2,2-3H3/b14-5+. The molecule has 1 aliphatic heterocycles. The molecule has 0 bridgehead atoms. The highest BCUT2D eigenvalue weighted by Gasteiger charge is 2.23. The van der Waals surface area contributed by atoms with Crippen LogP contribution in [0.5, 0.6) is 5.75 Å². The van der Waals surface area contributed by atoms with Crippen LogP contribution in [0.2, 0.25) is 0 Å². The van der Waals surface area contributed by atoms with Crippen molar-refractivity contribution in [2.45, 2.75) is 6.92 Å². The fraction of sp³-hybridized carbons (Fsp3) is 0.222. The van der Waals surface area contributed by atoms with Gasteiger partial charge in [-0.15, -0.1) is 10.2 Å². The van der Waals surface area contributed by atoms with E-state index in [0.29, 0.717) is 35.2 Å². The van der Waals surface area contributed by atoms with E-state index in [1.165, 1.54) is 0 Å². The van der Waals surface area contributed by atoms with E-state index in [2.05, 4.69) is 31.8 Å². The van der Waals surface area contributed by atoms with Gasteiger partial charge < -0.3 is 14.7 Å². The summed E-state index contributed by atoms with van der Waals surface area (Å²) in [5.74, 6) is 1.21. The van der Waals surface area contributed by atoms with E-state index in [4.69, 9.17) is 4.74 Å². The van der Waals surface area contributed by atoms with E-state index in [1.54, 1.807) is 35.9 Å². The van der Waals surface area contributed by atoms with E-state index >= 15 is 0 Å². The summed E-state index contributed by atoms with van der Waals surface area (Å²) in [6, 6.07) is 3.63. The molecule has 0 saturated carbocycles. The molecule has 0 saturated heterocycles. The molecule has 0 spiro atoms. The van der Waals surface area contributed by atoms with E-state index in [-0.39, 0.29) is 5.76 Å². The third kappa shape index (κ3) is 2.38. The van der Waals surface area contributed by atoms with Gasteiger partial charge in [-0.1, -0.05) is 18.7 Å². The summed E-state index contributed by atoms with van der Waals surface area (Å²) in [7, 11) is 1.98. The maximum Gasteiger partial charge on any atom is 0.222 e. The molecule has 4 rings (SSSR count). The number of rotatable bonds is 3. The number of nitrogens with zero attached hydrogens (tertiary/aromatic N) is 6. The molecule has 0 atom stereocenters. The third-order valence-electron chi connectivity index (χ3n) is 4.35. The van der Waals surface area contributed by atoms with Gasteiger partial charge in [-0.3, -0.25) is 0 Å². The summed E-state index contributed by atoms with van der Waals surface area (Å²) in [5, 5.41) is 23.1. The highest BCUT2D eigenvalue weighted by Crippen LogP contribution is 2.34. The van der Waals surface area contributed by atoms with E-state index < -0.39 is 0 Å². The number of ether oxygens (including phenoxy) is 1. The number of aromatic nitrogens is 5. The van der Waals surface area contributed by atoms with Gasteiger partial charge in [0.25, 0.3) is 0 Å². The number of aliphatic hydroxyl groups excluding tert-OH is 1. The molecule has 132 valence electrons. The zero-order valence-corrected chi connectivity index (χ0v) is 14.5. The van der Waals surface area contributed by atoms with Crippen LogP contribution in [0.25, 0.3) is 29.0 Å². The number of anilines is 1. The van der Waals surface area contributed by atoms with Crippen molar-refractivity contribution in [2.24, 2.45) is 0 Å². The normalized spacial score (nSPS) is 14.2. The Kier molecular flexibility index (Phi) is 3.80. The second kappa shape index (κ2) is 6.14. The average Bonchev–Trinajstić information content (AvgIpc) is 3.11. The summed E-state index contributed by atoms with van der Waals surface area (Å²) < 4.78 is 7.39. The Hall–Kier alpha value is -3.42. The largest absolute Gasteiger partial charge is 0.506 e. The Balaban J connectivity index is 1.89. The number of aliphatic hydroxyl groups is 1. The third-order valence-corrected chi connectivity index (χ3v) is 4.35. The van der Waals surface area contributed by atoms with Crippen LogP contribution in [0.4, 0.5) is 5.69 Å². The molecule has 0 radical (unpaired) electrons. The molecule has 0 fully saturated rings. The van der Waals surface area contributed by atoms with Crippen LogP contribution in [0.3, 0.4) is 0 Å². The molecule has 3 aromatic heterocycles. The predicted octanol–water partition coefficient (Wildman–Crippen LogP) is 2.58. The summed E-state index contributed by atoms with van der Waals surface area (Å²) >= 11 is 0. The van der Waals surface area contributed by atoms with E-state index in [1.807, 2.05) is 13.1 Å². The van der Waals surface area contributed by atoms with Crippen LogP contribution in [-0.2, 0) is 0 Å². The molecule has 8 heteroatoms. The van der Waals surface area contributed by atoms with Crippen molar-refractivity contribution in [3.05, 3.63) is 42.2 Å². The Labute approximate surface area is 150 Å². The molecule has 1 N–H and O–H groups in total. The van der Waals surface area contributed by atoms with Crippen LogP contribution in [-0.4, -0.2) is 50.1 Å². The Morgan fingerprint density at radius 3 is 2.96 bits per heavy atom. The smallest absolute Gasteiger partial charge is 0.222 e. The van der Waals surface area contributed by atoms with Crippen molar-refractivity contribution in [1.29, 1.82) is 0 Å². The van der Waals surface area contributed by atoms with Crippen LogP contribution in [0.15, 0.2) is 31.0 Å². The number of hydrogen-bond donors (Lipinski definition) is 1. The molecule has 0 aliphatic carbocycles. The molecule has 0 aromatic carbocycles. The second-order valence-electron chi connectivity index (χ2n) is 5.90. The quantitative estimate of drug-likeness (QED) is 0.726. The molecular formula is C18H18N6O2. The van der Waals surface area contributed by atoms with Crippen LogP contribution < -0.4 is 9.64 Å². The molecule has 4 heterocycles. The first kappa shape index (κ1) is 16.1. The Bertz CT molecular complexity index is 1040. The number of allylic oxidation sites excluding steroid dienone is 1. The summed E-state index contributed by atoms with van der Waals surface area (Å²) in [6.07, 6.45) is 4.96. The summed E-state index contributed by atoms with van der Waals surface area (Å²) in [4.78, 5) is 6.60. The van der Waals surface area contributed by atoms with E-state index in [9.17, 15) is 5.11 Å². The van der Waals surface area contributed by atoms with Crippen molar-refractivity contribution in [1.82, 2.24) is 24.8 Å². The van der Waals surface area contributed by atoms with Crippen molar-refractivity contribution in [2.75, 3.05) is 25.1 Å². The fourth-order valence-corrected chi connectivity index (χ4v) is 2.89. The van der Waals surface area contributed by atoms with Crippen molar-refractivity contribution in [3.8, 4) is 17.3 Å². The lowest BCUT2D eigenvalue weighted by molar-refractivity contribution is 0.312. The number of hydrogen-bond acceptors (Lipinski definition) is 7. The predicted molar refractivity (Wildman–Crippen MR) is 99.1 cm³/mol. The first-order valence-corrected chi connectivity index (χ1v) is 8.22. The van der Waals surface area contributed by atoms with Crippen molar-refractivity contribution >= 4 is 23.2 Å². The van der Waals surface area contributed by atoms with Gasteiger partial charge >= 0.3 is 0 Å². The highest BCUT2D eigenvalue weighted by atomic mass is 16.5.